The Balaban J connectivity index is 1.17. The summed E-state index contributed by atoms with van der Waals surface area (Å²) >= 11 is 1.00. The van der Waals surface area contributed by atoms with Crippen LogP contribution in [0, 0.1) is 12.8 Å². The van der Waals surface area contributed by atoms with Gasteiger partial charge < -0.3 is 20.4 Å². The molecule has 2 aliphatic heterocycles. The van der Waals surface area contributed by atoms with E-state index in [1.54, 1.807) is 4.90 Å². The summed E-state index contributed by atoms with van der Waals surface area (Å²) in [6.07, 6.45) is 5.60. The van der Waals surface area contributed by atoms with Crippen molar-refractivity contribution in [2.75, 3.05) is 38.0 Å². The lowest BCUT2D eigenvalue weighted by atomic mass is 9.93. The van der Waals surface area contributed by atoms with Crippen LogP contribution in [0.4, 0.5) is 5.69 Å². The lowest BCUT2D eigenvalue weighted by Crippen LogP contribution is -2.40. The second-order valence-electron chi connectivity index (χ2n) is 9.90. The van der Waals surface area contributed by atoms with Gasteiger partial charge in [0, 0.05) is 37.8 Å². The van der Waals surface area contributed by atoms with Gasteiger partial charge in [-0.1, -0.05) is 29.0 Å². The lowest BCUT2D eigenvalue weighted by Gasteiger charge is -2.31. The molecule has 2 fully saturated rings. The van der Waals surface area contributed by atoms with Crippen molar-refractivity contribution in [1.29, 1.82) is 0 Å². The molecular weight excluding hydrogens is 476 g/mol. The molecule has 9 nitrogen and oxygen atoms in total. The molecule has 10 heteroatoms. The molecule has 194 valence electrons. The quantitative estimate of drug-likeness (QED) is 0.534. The molecule has 1 aromatic carbocycles. The molecule has 0 radical (unpaired) electrons. The summed E-state index contributed by atoms with van der Waals surface area (Å²) in [6, 6.07) is 7.97. The third kappa shape index (κ3) is 7.10. The summed E-state index contributed by atoms with van der Waals surface area (Å²) < 4.78 is 0. The maximum absolute atomic E-state index is 12.9. The number of hydrogen-bond donors (Lipinski definition) is 2. The van der Waals surface area contributed by atoms with Crippen molar-refractivity contribution in [3.8, 4) is 0 Å². The molecule has 0 bridgehead atoms. The number of carbonyl (C=O) groups is 3. The van der Waals surface area contributed by atoms with Crippen LogP contribution in [0.3, 0.4) is 0 Å². The van der Waals surface area contributed by atoms with Crippen LogP contribution >= 0.6 is 11.3 Å². The number of rotatable bonds is 9. The van der Waals surface area contributed by atoms with Crippen LogP contribution in [-0.4, -0.2) is 76.5 Å². The van der Waals surface area contributed by atoms with Gasteiger partial charge in [0.2, 0.25) is 15.9 Å². The van der Waals surface area contributed by atoms with Gasteiger partial charge >= 0.3 is 0 Å². The molecule has 2 aliphatic rings. The molecule has 36 heavy (non-hydrogen) atoms. The fraction of sp³-hybridized carbons (Fsp3) is 0.577. The highest BCUT2D eigenvalue weighted by Gasteiger charge is 2.28. The highest BCUT2D eigenvalue weighted by Crippen LogP contribution is 2.23. The van der Waals surface area contributed by atoms with Gasteiger partial charge in [0.25, 0.3) is 11.8 Å². The third-order valence-corrected chi connectivity index (χ3v) is 8.05. The molecule has 1 atom stereocenters. The molecule has 2 N–H and O–H groups in total. The predicted octanol–water partition coefficient (Wildman–Crippen LogP) is 3.33. The molecule has 0 spiro atoms. The Morgan fingerprint density at radius 2 is 1.69 bits per heavy atom. The molecule has 3 heterocycles. The first-order chi connectivity index (χ1) is 17.4. The molecule has 0 saturated carbocycles. The van der Waals surface area contributed by atoms with Crippen molar-refractivity contribution in [3.63, 3.8) is 0 Å². The number of piperidine rings is 1. The van der Waals surface area contributed by atoms with Gasteiger partial charge in [0.15, 0.2) is 0 Å². The van der Waals surface area contributed by atoms with E-state index in [0.29, 0.717) is 37.8 Å². The zero-order chi connectivity index (χ0) is 25.5. The Hall–Kier alpha value is -2.85. The van der Waals surface area contributed by atoms with Gasteiger partial charge in [0.1, 0.15) is 0 Å². The number of amides is 3. The van der Waals surface area contributed by atoms with Gasteiger partial charge in [-0.2, -0.15) is 0 Å². The molecule has 0 aliphatic carbocycles. The highest BCUT2D eigenvalue weighted by atomic mass is 32.1. The summed E-state index contributed by atoms with van der Waals surface area (Å²) in [5.74, 6) is -0.215. The Kier molecular flexibility index (Phi) is 9.03. The van der Waals surface area contributed by atoms with Crippen molar-refractivity contribution in [3.05, 3.63) is 39.8 Å². The number of hydrogen-bond acceptors (Lipinski definition) is 7. The minimum atomic E-state index is -0.380. The van der Waals surface area contributed by atoms with E-state index < -0.39 is 0 Å². The van der Waals surface area contributed by atoms with Crippen molar-refractivity contribution < 1.29 is 14.4 Å². The minimum Gasteiger partial charge on any atom is -0.356 e. The van der Waals surface area contributed by atoms with Crippen molar-refractivity contribution >= 4 is 34.7 Å². The van der Waals surface area contributed by atoms with Gasteiger partial charge in [0.05, 0.1) is 0 Å². The van der Waals surface area contributed by atoms with E-state index >= 15 is 0 Å². The van der Waals surface area contributed by atoms with Gasteiger partial charge in [-0.05, 0) is 77.1 Å². The third-order valence-electron chi connectivity index (χ3n) is 7.14. The molecule has 2 saturated heterocycles. The lowest BCUT2D eigenvalue weighted by molar-refractivity contribution is -0.122. The topological polar surface area (TPSA) is 108 Å². The monoisotopic (exact) mass is 512 g/mol. The number of carbonyl (C=O) groups excluding carboxylic acids is 3. The fourth-order valence-electron chi connectivity index (χ4n) is 4.82. The zero-order valence-corrected chi connectivity index (χ0v) is 22.0. The molecular formula is C26H36N6O3S. The largest absolute Gasteiger partial charge is 0.356 e. The number of aromatic nitrogens is 2. The Morgan fingerprint density at radius 1 is 1.03 bits per heavy atom. The predicted molar refractivity (Wildman–Crippen MR) is 140 cm³/mol. The van der Waals surface area contributed by atoms with E-state index in [9.17, 15) is 14.4 Å². The Morgan fingerprint density at radius 3 is 2.39 bits per heavy atom. The molecule has 0 unspecified atom stereocenters. The molecule has 4 rings (SSSR count). The number of nitrogens with zero attached hydrogens (tertiary/aromatic N) is 4. The highest BCUT2D eigenvalue weighted by molar-refractivity contribution is 7.15. The van der Waals surface area contributed by atoms with E-state index in [1.165, 1.54) is 25.9 Å². The summed E-state index contributed by atoms with van der Waals surface area (Å²) in [4.78, 5) is 42.0. The second-order valence-corrected chi connectivity index (χ2v) is 10.9. The second kappa shape index (κ2) is 12.4. The van der Waals surface area contributed by atoms with Gasteiger partial charge in [-0.25, -0.2) is 0 Å². The first kappa shape index (κ1) is 26.2. The maximum Gasteiger partial charge on any atom is 0.286 e. The average Bonchev–Trinajstić information content (AvgIpc) is 3.58. The van der Waals surface area contributed by atoms with Crippen LogP contribution < -0.4 is 10.6 Å². The number of aryl methyl sites for hydroxylation is 1. The fourth-order valence-corrected chi connectivity index (χ4v) is 5.52. The van der Waals surface area contributed by atoms with Crippen LogP contribution in [-0.2, 0) is 4.79 Å². The average molecular weight is 513 g/mol. The van der Waals surface area contributed by atoms with Crippen LogP contribution in [0.1, 0.15) is 70.6 Å². The van der Waals surface area contributed by atoms with Crippen molar-refractivity contribution in [2.24, 2.45) is 5.92 Å². The normalized spacial score (nSPS) is 17.7. The summed E-state index contributed by atoms with van der Waals surface area (Å²) in [6.45, 7) is 8.42. The van der Waals surface area contributed by atoms with Crippen molar-refractivity contribution in [2.45, 2.75) is 58.4 Å². The molecule has 3 amide bonds. The Bertz CT molecular complexity index is 1040. The van der Waals surface area contributed by atoms with E-state index in [0.717, 1.165) is 36.2 Å². The number of benzene rings is 1. The van der Waals surface area contributed by atoms with Crippen LogP contribution in [0.15, 0.2) is 24.3 Å². The summed E-state index contributed by atoms with van der Waals surface area (Å²) in [5.41, 5.74) is 1.77. The standard InChI is InChI=1S/C26H36N6O3S/c1-18-5-7-21(8-6-18)28-23(34)24-29-30-25(36-24)26(35)32-15-10-20(11-16-32)17-22(33)27-12-9-19(2)31-13-3-4-14-31/h5-8,19-20H,3-4,9-17H2,1-2H3,(H,27,33)(H,28,34)/t19-/m1/s1. The maximum atomic E-state index is 12.9. The van der Waals surface area contributed by atoms with Crippen LogP contribution in [0.2, 0.25) is 0 Å². The van der Waals surface area contributed by atoms with Gasteiger partial charge in [-0.15, -0.1) is 10.2 Å². The SMILES string of the molecule is Cc1ccc(NC(=O)c2nnc(C(=O)N3CCC(CC(=O)NCC[C@@H](C)N4CCCC4)CC3)s2)cc1. The molecule has 2 aromatic rings. The first-order valence-corrected chi connectivity index (χ1v) is 13.7. The summed E-state index contributed by atoms with van der Waals surface area (Å²) in [7, 11) is 0. The van der Waals surface area contributed by atoms with E-state index in [-0.39, 0.29) is 33.7 Å². The smallest absolute Gasteiger partial charge is 0.286 e. The number of anilines is 1. The van der Waals surface area contributed by atoms with E-state index in [1.807, 2.05) is 31.2 Å². The molecule has 1 aromatic heterocycles. The van der Waals surface area contributed by atoms with Gasteiger partial charge in [-0.3, -0.25) is 14.4 Å². The van der Waals surface area contributed by atoms with Crippen LogP contribution in [0.5, 0.6) is 0 Å². The number of likely N-dealkylation sites (tertiary alicyclic amines) is 2. The van der Waals surface area contributed by atoms with Crippen molar-refractivity contribution in [1.82, 2.24) is 25.3 Å². The zero-order valence-electron chi connectivity index (χ0n) is 21.2. The summed E-state index contributed by atoms with van der Waals surface area (Å²) in [5, 5.41) is 14.1. The number of nitrogens with one attached hydrogen (secondary N) is 2. The Labute approximate surface area is 216 Å². The van der Waals surface area contributed by atoms with E-state index in [2.05, 4.69) is 32.7 Å². The van der Waals surface area contributed by atoms with Crippen LogP contribution in [0.25, 0.3) is 0 Å². The van der Waals surface area contributed by atoms with E-state index in [4.69, 9.17) is 0 Å². The minimum absolute atomic E-state index is 0.0988. The first-order valence-electron chi connectivity index (χ1n) is 12.9.